The number of nitrogens with zero attached hydrogens (tertiary/aromatic N) is 3. The number of hydrogen-bond acceptors (Lipinski definition) is 4. The van der Waals surface area contributed by atoms with Crippen molar-refractivity contribution in [1.29, 1.82) is 0 Å². The largest absolute Gasteiger partial charge is 0.490 e. The number of alkyl halides is 3. The Morgan fingerprint density at radius 2 is 1.97 bits per heavy atom. The second kappa shape index (κ2) is 10.6. The van der Waals surface area contributed by atoms with Crippen molar-refractivity contribution in [3.05, 3.63) is 46.6 Å². The monoisotopic (exact) mass is 497 g/mol. The Morgan fingerprint density at radius 1 is 1.26 bits per heavy atom. The van der Waals surface area contributed by atoms with E-state index in [4.69, 9.17) is 14.2 Å². The smallest absolute Gasteiger partial charge is 0.416 e. The van der Waals surface area contributed by atoms with Gasteiger partial charge in [0, 0.05) is 37.9 Å². The molecule has 1 aliphatic rings. The summed E-state index contributed by atoms with van der Waals surface area (Å²) in [7, 11) is 3.38. The lowest BCUT2D eigenvalue weighted by Gasteiger charge is -2.21. The highest BCUT2D eigenvalue weighted by Gasteiger charge is 2.32. The minimum atomic E-state index is -4.61. The molecule has 1 aromatic heterocycles. The molecule has 1 fully saturated rings. The van der Waals surface area contributed by atoms with Crippen molar-refractivity contribution in [2.75, 3.05) is 20.3 Å². The van der Waals surface area contributed by atoms with Gasteiger partial charge < -0.3 is 14.2 Å². The number of methoxy groups -OCH3 is 1. The molecular weight excluding hydrogens is 463 g/mol. The summed E-state index contributed by atoms with van der Waals surface area (Å²) in [5, 5.41) is 0. The van der Waals surface area contributed by atoms with Crippen LogP contribution in [0.1, 0.15) is 62.2 Å². The van der Waals surface area contributed by atoms with Crippen LogP contribution in [0.4, 0.5) is 13.2 Å². The van der Waals surface area contributed by atoms with Gasteiger partial charge in [-0.15, -0.1) is 0 Å². The third-order valence-electron chi connectivity index (χ3n) is 6.04. The number of hydrogen-bond donors (Lipinski definition) is 0. The molecule has 0 spiro atoms. The third kappa shape index (κ3) is 6.55. The maximum absolute atomic E-state index is 13.4. The zero-order chi connectivity index (χ0) is 26.0. The van der Waals surface area contributed by atoms with Gasteiger partial charge in [0.15, 0.2) is 5.49 Å². The highest BCUT2D eigenvalue weighted by atomic mass is 19.4. The molecule has 0 aliphatic carbocycles. The molecule has 2 heterocycles. The van der Waals surface area contributed by atoms with E-state index >= 15 is 0 Å². The average molecular weight is 498 g/mol. The fraction of sp³-hybridized carbons (Fsp3) is 0.600. The van der Waals surface area contributed by atoms with Crippen molar-refractivity contribution < 1.29 is 32.2 Å². The molecule has 0 unspecified atom stereocenters. The molecule has 35 heavy (non-hydrogen) atoms. The molecule has 1 aliphatic heterocycles. The summed E-state index contributed by atoms with van der Waals surface area (Å²) in [6.45, 7) is 9.11. The first-order valence-electron chi connectivity index (χ1n) is 11.7. The minimum absolute atomic E-state index is 0.0200. The van der Waals surface area contributed by atoms with Crippen LogP contribution in [0.25, 0.3) is 0 Å². The number of carbonyl (C=O) groups excluding carboxylic acids is 1. The summed E-state index contributed by atoms with van der Waals surface area (Å²) in [5.41, 5.74) is -0.167. The molecule has 2 aromatic rings. The number of ether oxygens (including phenoxy) is 3. The molecule has 2 atom stereocenters. The van der Waals surface area contributed by atoms with E-state index in [2.05, 4.69) is 4.99 Å². The van der Waals surface area contributed by atoms with Gasteiger partial charge in [0.05, 0.1) is 29.9 Å². The van der Waals surface area contributed by atoms with E-state index in [0.717, 1.165) is 36.7 Å². The summed E-state index contributed by atoms with van der Waals surface area (Å²) >= 11 is 0. The molecule has 1 saturated heterocycles. The van der Waals surface area contributed by atoms with E-state index in [1.807, 2.05) is 37.2 Å². The fourth-order valence-corrected chi connectivity index (χ4v) is 4.00. The van der Waals surface area contributed by atoms with E-state index in [1.165, 1.54) is 7.11 Å². The summed E-state index contributed by atoms with van der Waals surface area (Å²) in [6.07, 6.45) is -3.10. The highest BCUT2D eigenvalue weighted by Crippen LogP contribution is 2.33. The Hall–Kier alpha value is -2.59. The summed E-state index contributed by atoms with van der Waals surface area (Å²) in [4.78, 5) is 17.6. The maximum atomic E-state index is 13.4. The molecule has 1 amide bonds. The summed E-state index contributed by atoms with van der Waals surface area (Å²) in [6, 6.07) is 4.63. The van der Waals surface area contributed by atoms with Crippen molar-refractivity contribution >= 4 is 5.91 Å². The second-order valence-corrected chi connectivity index (χ2v) is 9.86. The molecule has 0 bridgehead atoms. The van der Waals surface area contributed by atoms with Crippen LogP contribution in [0.3, 0.4) is 0 Å². The standard InChI is InChI=1S/C25H34F3N3O4/c1-16(33-6)15-35-20-10-9-17(25(26,27)28)12-19(20)23(32)29-22-13-21(24(2,3)4)30(5)31(22)14-18-8-7-11-34-18/h9-10,12-13,16,18H,7-8,11,14-15H2,1-6H3/b29-22+/t16-,18+/m0/s1. The van der Waals surface area contributed by atoms with E-state index < -0.39 is 17.6 Å². The van der Waals surface area contributed by atoms with Gasteiger partial charge in [0.25, 0.3) is 5.91 Å². The normalized spacial score (nSPS) is 18.2. The molecular formula is C25H34F3N3O4. The second-order valence-electron chi connectivity index (χ2n) is 9.86. The number of aromatic nitrogens is 2. The molecule has 1 aromatic carbocycles. The number of amides is 1. The molecule has 0 saturated carbocycles. The zero-order valence-electron chi connectivity index (χ0n) is 21.1. The van der Waals surface area contributed by atoms with Gasteiger partial charge in [-0.25, -0.2) is 0 Å². The topological polar surface area (TPSA) is 67.0 Å². The number of benzene rings is 1. The van der Waals surface area contributed by atoms with E-state index in [9.17, 15) is 18.0 Å². The molecule has 0 radical (unpaired) electrons. The van der Waals surface area contributed by atoms with Crippen molar-refractivity contribution in [1.82, 2.24) is 9.36 Å². The summed E-state index contributed by atoms with van der Waals surface area (Å²) in [5.74, 6) is -0.795. The Kier molecular flexibility index (Phi) is 8.16. The zero-order valence-corrected chi connectivity index (χ0v) is 21.1. The van der Waals surface area contributed by atoms with Crippen LogP contribution in [0.15, 0.2) is 29.3 Å². The first kappa shape index (κ1) is 27.0. The van der Waals surface area contributed by atoms with Crippen molar-refractivity contribution in [3.63, 3.8) is 0 Å². The third-order valence-corrected chi connectivity index (χ3v) is 6.04. The lowest BCUT2D eigenvalue weighted by atomic mass is 9.92. The van der Waals surface area contributed by atoms with Crippen LogP contribution in [-0.2, 0) is 34.7 Å². The van der Waals surface area contributed by atoms with Gasteiger partial charge in [-0.3, -0.25) is 14.2 Å². The average Bonchev–Trinajstić information content (AvgIpc) is 3.40. The van der Waals surface area contributed by atoms with Gasteiger partial charge >= 0.3 is 6.18 Å². The molecule has 3 rings (SSSR count). The van der Waals surface area contributed by atoms with Crippen LogP contribution < -0.4 is 10.2 Å². The molecule has 7 nitrogen and oxygen atoms in total. The van der Waals surface area contributed by atoms with Gasteiger partial charge in [-0.1, -0.05) is 20.8 Å². The Morgan fingerprint density at radius 3 is 2.54 bits per heavy atom. The lowest BCUT2D eigenvalue weighted by Crippen LogP contribution is -2.30. The summed E-state index contributed by atoms with van der Waals surface area (Å²) < 4.78 is 60.6. The van der Waals surface area contributed by atoms with Gasteiger partial charge in [0.2, 0.25) is 0 Å². The van der Waals surface area contributed by atoms with E-state index in [0.29, 0.717) is 18.6 Å². The van der Waals surface area contributed by atoms with Gasteiger partial charge in [-0.2, -0.15) is 18.2 Å². The van der Waals surface area contributed by atoms with Crippen molar-refractivity contribution in [2.45, 2.75) is 70.9 Å². The highest BCUT2D eigenvalue weighted by molar-refractivity contribution is 5.97. The predicted molar refractivity (Wildman–Crippen MR) is 124 cm³/mol. The Bertz CT molecular complexity index is 1110. The first-order valence-corrected chi connectivity index (χ1v) is 11.7. The van der Waals surface area contributed by atoms with Crippen LogP contribution in [0.5, 0.6) is 5.75 Å². The molecule has 0 N–H and O–H groups in total. The Labute approximate surface area is 203 Å². The van der Waals surface area contributed by atoms with Crippen molar-refractivity contribution in [3.8, 4) is 5.75 Å². The lowest BCUT2D eigenvalue weighted by molar-refractivity contribution is -0.137. The van der Waals surface area contributed by atoms with Crippen LogP contribution >= 0.6 is 0 Å². The van der Waals surface area contributed by atoms with Crippen LogP contribution in [0, 0.1) is 0 Å². The fourth-order valence-electron chi connectivity index (χ4n) is 4.00. The van der Waals surface area contributed by atoms with Crippen LogP contribution in [-0.4, -0.2) is 47.8 Å². The minimum Gasteiger partial charge on any atom is -0.490 e. The molecule has 194 valence electrons. The van der Waals surface area contributed by atoms with E-state index in [1.54, 1.807) is 13.0 Å². The number of rotatable bonds is 7. The van der Waals surface area contributed by atoms with Gasteiger partial charge in [0.1, 0.15) is 12.4 Å². The maximum Gasteiger partial charge on any atom is 0.416 e. The number of halogens is 3. The van der Waals surface area contributed by atoms with Gasteiger partial charge in [-0.05, 0) is 38.0 Å². The SMILES string of the molecule is CO[C@@H](C)COc1ccc(C(F)(F)F)cc1C(=O)/N=c1\cc(C(C)(C)C)n(C)n1C[C@H]1CCCO1. The predicted octanol–water partition coefficient (Wildman–Crippen LogP) is 4.48. The number of carbonyl (C=O) groups is 1. The Balaban J connectivity index is 2.09. The first-order chi connectivity index (χ1) is 16.3. The molecule has 10 heteroatoms. The van der Waals surface area contributed by atoms with E-state index in [-0.39, 0.29) is 35.5 Å². The van der Waals surface area contributed by atoms with Crippen molar-refractivity contribution in [2.24, 2.45) is 12.0 Å². The quantitative estimate of drug-likeness (QED) is 0.566. The van der Waals surface area contributed by atoms with Crippen LogP contribution in [0.2, 0.25) is 0 Å².